The van der Waals surface area contributed by atoms with Crippen LogP contribution in [0, 0.1) is 0 Å². The van der Waals surface area contributed by atoms with Crippen LogP contribution in [0.5, 0.6) is 5.75 Å². The number of nitrogens with zero attached hydrogens (tertiary/aromatic N) is 1. The Morgan fingerprint density at radius 3 is 2.12 bits per heavy atom. The van der Waals surface area contributed by atoms with Gasteiger partial charge in [-0.3, -0.25) is 4.79 Å². The molecule has 25 heavy (non-hydrogen) atoms. The standard InChI is InChI=1S/C21H34N2O2/c1-2-3-4-5-6-7-8-9-10-11-12-17-21(25)23-22-18-19-15-13-14-16-20(19)24/h13-16,18,24H,2-12,17H2,1H3,(H,23,25)/b22-18+. The Morgan fingerprint density at radius 2 is 1.52 bits per heavy atom. The fourth-order valence-electron chi connectivity index (χ4n) is 2.78. The number of phenolic OH excluding ortho intramolecular Hbond substituents is 1. The van der Waals surface area contributed by atoms with Crippen LogP contribution in [-0.2, 0) is 4.79 Å². The van der Waals surface area contributed by atoms with Crippen molar-refractivity contribution in [2.24, 2.45) is 5.10 Å². The molecular weight excluding hydrogens is 312 g/mol. The summed E-state index contributed by atoms with van der Waals surface area (Å²) >= 11 is 0. The molecule has 0 fully saturated rings. The fraction of sp³-hybridized carbons (Fsp3) is 0.619. The monoisotopic (exact) mass is 346 g/mol. The quantitative estimate of drug-likeness (QED) is 0.264. The maximum absolute atomic E-state index is 11.7. The van der Waals surface area contributed by atoms with E-state index in [2.05, 4.69) is 17.5 Å². The number of nitrogens with one attached hydrogen (secondary N) is 1. The molecule has 2 N–H and O–H groups in total. The molecule has 1 aromatic rings. The smallest absolute Gasteiger partial charge is 0.240 e. The topological polar surface area (TPSA) is 61.7 Å². The van der Waals surface area contributed by atoms with Crippen molar-refractivity contribution in [3.63, 3.8) is 0 Å². The zero-order valence-corrected chi connectivity index (χ0v) is 15.7. The van der Waals surface area contributed by atoms with Crippen LogP contribution in [0.25, 0.3) is 0 Å². The van der Waals surface area contributed by atoms with E-state index < -0.39 is 0 Å². The summed E-state index contributed by atoms with van der Waals surface area (Å²) in [6.45, 7) is 2.25. The molecule has 0 aliphatic rings. The van der Waals surface area contributed by atoms with Crippen LogP contribution >= 0.6 is 0 Å². The van der Waals surface area contributed by atoms with E-state index in [-0.39, 0.29) is 11.7 Å². The second-order valence-corrected chi connectivity index (χ2v) is 6.64. The molecule has 0 unspecified atom stereocenters. The number of unbranched alkanes of at least 4 members (excludes halogenated alkanes) is 10. The van der Waals surface area contributed by atoms with Crippen molar-refractivity contribution in [3.8, 4) is 5.75 Å². The largest absolute Gasteiger partial charge is 0.507 e. The average molecular weight is 347 g/mol. The van der Waals surface area contributed by atoms with Crippen molar-refractivity contribution in [1.82, 2.24) is 5.43 Å². The molecule has 0 radical (unpaired) electrons. The summed E-state index contributed by atoms with van der Waals surface area (Å²) in [6.07, 6.45) is 16.0. The molecule has 1 aromatic carbocycles. The first-order valence-corrected chi connectivity index (χ1v) is 9.84. The minimum Gasteiger partial charge on any atom is -0.507 e. The molecule has 4 nitrogen and oxygen atoms in total. The van der Waals surface area contributed by atoms with Crippen LogP contribution in [0.4, 0.5) is 0 Å². The highest BCUT2D eigenvalue weighted by Crippen LogP contribution is 2.13. The summed E-state index contributed by atoms with van der Waals surface area (Å²) in [7, 11) is 0. The van der Waals surface area contributed by atoms with Crippen molar-refractivity contribution in [1.29, 1.82) is 0 Å². The summed E-state index contributed by atoms with van der Waals surface area (Å²) < 4.78 is 0. The maximum atomic E-state index is 11.7. The third-order valence-corrected chi connectivity index (χ3v) is 4.34. The van der Waals surface area contributed by atoms with Gasteiger partial charge in [0.2, 0.25) is 5.91 Å². The number of para-hydroxylation sites is 1. The van der Waals surface area contributed by atoms with E-state index in [1.54, 1.807) is 18.2 Å². The number of benzene rings is 1. The van der Waals surface area contributed by atoms with Gasteiger partial charge in [0.25, 0.3) is 0 Å². The van der Waals surface area contributed by atoms with Gasteiger partial charge in [-0.1, -0.05) is 83.3 Å². The van der Waals surface area contributed by atoms with E-state index in [4.69, 9.17) is 0 Å². The predicted octanol–water partition coefficient (Wildman–Crippen LogP) is 5.54. The van der Waals surface area contributed by atoms with Gasteiger partial charge in [0.1, 0.15) is 5.75 Å². The highest BCUT2D eigenvalue weighted by molar-refractivity contribution is 5.84. The Hall–Kier alpha value is -1.84. The molecule has 0 bridgehead atoms. The average Bonchev–Trinajstić information content (AvgIpc) is 2.61. The predicted molar refractivity (Wildman–Crippen MR) is 105 cm³/mol. The highest BCUT2D eigenvalue weighted by Gasteiger charge is 2.00. The van der Waals surface area contributed by atoms with Gasteiger partial charge < -0.3 is 5.11 Å². The Kier molecular flexibility index (Phi) is 12.3. The van der Waals surface area contributed by atoms with Gasteiger partial charge in [0.15, 0.2) is 0 Å². The number of amides is 1. The summed E-state index contributed by atoms with van der Waals surface area (Å²) in [5, 5.41) is 13.5. The van der Waals surface area contributed by atoms with E-state index in [1.165, 1.54) is 64.0 Å². The third kappa shape index (κ3) is 11.4. The lowest BCUT2D eigenvalue weighted by Gasteiger charge is -2.03. The number of carbonyl (C=O) groups excluding carboxylic acids is 1. The van der Waals surface area contributed by atoms with E-state index >= 15 is 0 Å². The van der Waals surface area contributed by atoms with Crippen molar-refractivity contribution >= 4 is 12.1 Å². The normalized spacial score (nSPS) is 11.1. The zero-order valence-electron chi connectivity index (χ0n) is 15.7. The van der Waals surface area contributed by atoms with Gasteiger partial charge in [0, 0.05) is 12.0 Å². The summed E-state index contributed by atoms with van der Waals surface area (Å²) in [4.78, 5) is 11.7. The molecular formula is C21H34N2O2. The number of hydrogen-bond acceptors (Lipinski definition) is 3. The van der Waals surface area contributed by atoms with Gasteiger partial charge in [0.05, 0.1) is 6.21 Å². The van der Waals surface area contributed by atoms with Crippen LogP contribution in [0.2, 0.25) is 0 Å². The molecule has 1 rings (SSSR count). The molecule has 1 amide bonds. The van der Waals surface area contributed by atoms with Gasteiger partial charge >= 0.3 is 0 Å². The first kappa shape index (κ1) is 21.2. The van der Waals surface area contributed by atoms with Gasteiger partial charge in [-0.25, -0.2) is 5.43 Å². The van der Waals surface area contributed by atoms with Gasteiger partial charge in [-0.2, -0.15) is 5.10 Å². The Balaban J connectivity index is 1.94. The molecule has 0 atom stereocenters. The van der Waals surface area contributed by atoms with E-state index in [1.807, 2.05) is 6.07 Å². The summed E-state index contributed by atoms with van der Waals surface area (Å²) in [5.41, 5.74) is 3.11. The van der Waals surface area contributed by atoms with Gasteiger partial charge in [-0.15, -0.1) is 0 Å². The Morgan fingerprint density at radius 1 is 0.960 bits per heavy atom. The highest BCUT2D eigenvalue weighted by atomic mass is 16.3. The molecule has 0 spiro atoms. The van der Waals surface area contributed by atoms with Crippen molar-refractivity contribution in [2.45, 2.75) is 84.0 Å². The number of rotatable bonds is 14. The number of hydrazone groups is 1. The molecule has 0 aliphatic heterocycles. The lowest BCUT2D eigenvalue weighted by Crippen LogP contribution is -2.16. The Labute approximate surface area is 152 Å². The van der Waals surface area contributed by atoms with Crippen LogP contribution in [0.3, 0.4) is 0 Å². The lowest BCUT2D eigenvalue weighted by atomic mass is 10.1. The maximum Gasteiger partial charge on any atom is 0.240 e. The lowest BCUT2D eigenvalue weighted by molar-refractivity contribution is -0.121. The Bertz CT molecular complexity index is 500. The summed E-state index contributed by atoms with van der Waals surface area (Å²) in [6, 6.07) is 6.90. The van der Waals surface area contributed by atoms with Gasteiger partial charge in [-0.05, 0) is 18.6 Å². The second kappa shape index (κ2) is 14.5. The third-order valence-electron chi connectivity index (χ3n) is 4.34. The van der Waals surface area contributed by atoms with Crippen LogP contribution in [0.15, 0.2) is 29.4 Å². The molecule has 140 valence electrons. The number of carbonyl (C=O) groups is 1. The zero-order chi connectivity index (χ0) is 18.2. The molecule has 0 saturated carbocycles. The number of aromatic hydroxyl groups is 1. The van der Waals surface area contributed by atoms with Crippen molar-refractivity contribution in [2.75, 3.05) is 0 Å². The van der Waals surface area contributed by atoms with Crippen LogP contribution in [-0.4, -0.2) is 17.2 Å². The summed E-state index contributed by atoms with van der Waals surface area (Å²) in [5.74, 6) is 0.0912. The molecule has 0 aromatic heterocycles. The minimum absolute atomic E-state index is 0.0670. The molecule has 4 heteroatoms. The molecule has 0 aliphatic carbocycles. The molecule has 0 heterocycles. The van der Waals surface area contributed by atoms with Crippen molar-refractivity contribution < 1.29 is 9.90 Å². The second-order valence-electron chi connectivity index (χ2n) is 6.64. The minimum atomic E-state index is -0.0670. The first-order valence-electron chi connectivity index (χ1n) is 9.84. The number of hydrogen-bond donors (Lipinski definition) is 2. The van der Waals surface area contributed by atoms with E-state index in [9.17, 15) is 9.90 Å². The number of phenols is 1. The fourth-order valence-corrected chi connectivity index (χ4v) is 2.78. The SMILES string of the molecule is CCCCCCCCCCCCCC(=O)N/N=C/c1ccccc1O. The molecule has 0 saturated heterocycles. The van der Waals surface area contributed by atoms with Crippen LogP contribution in [0.1, 0.15) is 89.5 Å². The van der Waals surface area contributed by atoms with Crippen LogP contribution < -0.4 is 5.43 Å². The van der Waals surface area contributed by atoms with E-state index in [0.29, 0.717) is 12.0 Å². The van der Waals surface area contributed by atoms with Crippen molar-refractivity contribution in [3.05, 3.63) is 29.8 Å². The van der Waals surface area contributed by atoms with E-state index in [0.717, 1.165) is 12.8 Å². The first-order chi connectivity index (χ1) is 12.2.